The fraction of sp³-hybridized carbons (Fsp3) is 0.467. The smallest absolute Gasteiger partial charge is 0.238 e. The van der Waals surface area contributed by atoms with Crippen LogP contribution in [0.2, 0.25) is 10.0 Å². The normalized spacial score (nSPS) is 18.7. The Bertz CT molecular complexity index is 1220. The van der Waals surface area contributed by atoms with E-state index < -0.39 is 11.7 Å². The number of halogens is 2. The van der Waals surface area contributed by atoms with Gasteiger partial charge in [0, 0.05) is 55.8 Å². The quantitative estimate of drug-likeness (QED) is 0.343. The van der Waals surface area contributed by atoms with E-state index in [0.717, 1.165) is 25.7 Å². The van der Waals surface area contributed by atoms with Crippen LogP contribution in [0.25, 0.3) is 0 Å². The van der Waals surface area contributed by atoms with E-state index in [9.17, 15) is 14.7 Å². The van der Waals surface area contributed by atoms with Crippen LogP contribution in [-0.4, -0.2) is 77.7 Å². The highest BCUT2D eigenvalue weighted by Crippen LogP contribution is 2.32. The molecule has 0 aromatic heterocycles. The topological polar surface area (TPSA) is 73.3 Å². The van der Waals surface area contributed by atoms with Gasteiger partial charge >= 0.3 is 0 Å². The second-order valence-electron chi connectivity index (χ2n) is 10.2. The van der Waals surface area contributed by atoms with Crippen molar-refractivity contribution in [1.29, 1.82) is 0 Å². The van der Waals surface area contributed by atoms with Crippen molar-refractivity contribution in [3.05, 3.63) is 63.6 Å². The number of piperazine rings is 1. The van der Waals surface area contributed by atoms with Crippen molar-refractivity contribution in [2.24, 2.45) is 0 Å². The molecule has 7 nitrogen and oxygen atoms in total. The summed E-state index contributed by atoms with van der Waals surface area (Å²) in [6, 6.07) is 11.7. The van der Waals surface area contributed by atoms with Crippen molar-refractivity contribution in [2.75, 3.05) is 44.3 Å². The number of benzene rings is 2. The summed E-state index contributed by atoms with van der Waals surface area (Å²) in [6.07, 6.45) is 10.0. The molecule has 1 saturated heterocycles. The van der Waals surface area contributed by atoms with E-state index in [1.54, 1.807) is 42.5 Å². The van der Waals surface area contributed by atoms with Crippen LogP contribution in [0.15, 0.2) is 42.5 Å². The maximum absolute atomic E-state index is 13.5. The summed E-state index contributed by atoms with van der Waals surface area (Å²) >= 11 is 12.6. The lowest BCUT2D eigenvalue weighted by atomic mass is 9.85. The molecule has 1 saturated carbocycles. The van der Waals surface area contributed by atoms with Gasteiger partial charge in [0.05, 0.1) is 23.4 Å². The third kappa shape index (κ3) is 7.20. The van der Waals surface area contributed by atoms with E-state index >= 15 is 0 Å². The van der Waals surface area contributed by atoms with Crippen LogP contribution < -0.4 is 5.01 Å². The highest BCUT2D eigenvalue weighted by Gasteiger charge is 2.33. The molecule has 0 bridgehead atoms. The Kier molecular flexibility index (Phi) is 10.1. The van der Waals surface area contributed by atoms with Gasteiger partial charge in [-0.2, -0.15) is 0 Å². The number of hydrogen-bond acceptors (Lipinski definition) is 6. The molecule has 208 valence electrons. The molecule has 2 aromatic carbocycles. The fourth-order valence-electron chi connectivity index (χ4n) is 5.37. The number of ether oxygens (including phenoxy) is 1. The third-order valence-corrected chi connectivity index (χ3v) is 7.99. The molecule has 1 atom stereocenters. The number of carbonyl (C=O) groups excluding carboxylic acids is 2. The molecule has 1 amide bonds. The van der Waals surface area contributed by atoms with Gasteiger partial charge in [-0.25, -0.2) is 10.0 Å². The van der Waals surface area contributed by atoms with Crippen LogP contribution in [0.4, 0.5) is 5.69 Å². The number of rotatable bonds is 9. The second kappa shape index (κ2) is 13.3. The van der Waals surface area contributed by atoms with Crippen molar-refractivity contribution in [3.63, 3.8) is 0 Å². The Morgan fingerprint density at radius 2 is 1.77 bits per heavy atom. The van der Waals surface area contributed by atoms with Crippen LogP contribution in [0.3, 0.4) is 0 Å². The van der Waals surface area contributed by atoms with Crippen molar-refractivity contribution in [2.45, 2.75) is 50.7 Å². The van der Waals surface area contributed by atoms with Gasteiger partial charge < -0.3 is 9.84 Å². The molecular weight excluding hydrogens is 537 g/mol. The number of hydrogen-bond donors (Lipinski definition) is 1. The molecule has 9 heteroatoms. The predicted octanol–water partition coefficient (Wildman–Crippen LogP) is 4.82. The monoisotopic (exact) mass is 571 g/mol. The Morgan fingerprint density at radius 3 is 2.41 bits per heavy atom. The number of ketones is 1. The number of aliphatic hydroxyl groups is 1. The highest BCUT2D eigenvalue weighted by atomic mass is 35.5. The number of nitrogens with zero attached hydrogens (tertiary/aromatic N) is 3. The van der Waals surface area contributed by atoms with Crippen LogP contribution in [0.1, 0.15) is 54.9 Å². The van der Waals surface area contributed by atoms with Crippen LogP contribution in [-0.2, 0) is 9.53 Å². The van der Waals surface area contributed by atoms with Crippen molar-refractivity contribution in [3.8, 4) is 12.3 Å². The Balaban J connectivity index is 1.42. The molecular formula is C30H35Cl2N3O4. The van der Waals surface area contributed by atoms with Crippen LogP contribution >= 0.6 is 23.2 Å². The van der Waals surface area contributed by atoms with Gasteiger partial charge in [0.1, 0.15) is 5.60 Å². The first kappa shape index (κ1) is 29.5. The SMILES string of the molecule is C#CC1(OCC(O)CN2CCN(N(C(C)=O)c3ccc(Cl)cc3C(=O)c3ccccc3Cl)CC2)CCCCC1. The summed E-state index contributed by atoms with van der Waals surface area (Å²) in [4.78, 5) is 28.5. The van der Waals surface area contributed by atoms with E-state index in [1.165, 1.54) is 18.4 Å². The zero-order chi connectivity index (χ0) is 28.0. The zero-order valence-corrected chi connectivity index (χ0v) is 23.8. The number of aliphatic hydroxyl groups excluding tert-OH is 1. The maximum atomic E-state index is 13.5. The number of amides is 1. The Labute approximate surface area is 240 Å². The van der Waals surface area contributed by atoms with E-state index in [0.29, 0.717) is 59.6 Å². The van der Waals surface area contributed by atoms with Gasteiger partial charge in [0.25, 0.3) is 0 Å². The molecule has 2 aromatic rings. The summed E-state index contributed by atoms with van der Waals surface area (Å²) in [6.45, 7) is 4.44. The predicted molar refractivity (Wildman–Crippen MR) is 154 cm³/mol. The Morgan fingerprint density at radius 1 is 1.08 bits per heavy atom. The number of β-amino-alcohol motifs (C(OH)–C–C–N with tert-alkyl or cyclic N) is 1. The van der Waals surface area contributed by atoms with E-state index in [-0.39, 0.29) is 18.3 Å². The van der Waals surface area contributed by atoms with Gasteiger partial charge in [0.15, 0.2) is 5.78 Å². The highest BCUT2D eigenvalue weighted by molar-refractivity contribution is 6.36. The summed E-state index contributed by atoms with van der Waals surface area (Å²) in [5.74, 6) is 2.29. The zero-order valence-electron chi connectivity index (χ0n) is 22.2. The molecule has 1 unspecified atom stereocenters. The molecule has 0 radical (unpaired) electrons. The first-order valence-corrected chi connectivity index (χ1v) is 14.1. The second-order valence-corrected chi connectivity index (χ2v) is 11.1. The molecule has 1 aliphatic carbocycles. The molecule has 4 rings (SSSR count). The van der Waals surface area contributed by atoms with E-state index in [2.05, 4.69) is 10.8 Å². The summed E-state index contributed by atoms with van der Waals surface area (Å²) in [5, 5.41) is 14.8. The summed E-state index contributed by atoms with van der Waals surface area (Å²) in [7, 11) is 0. The fourth-order valence-corrected chi connectivity index (χ4v) is 5.76. The number of terminal acetylenes is 1. The summed E-state index contributed by atoms with van der Waals surface area (Å²) < 4.78 is 6.03. The minimum absolute atomic E-state index is 0.197. The largest absolute Gasteiger partial charge is 0.389 e. The molecule has 0 spiro atoms. The van der Waals surface area contributed by atoms with Crippen molar-refractivity contribution < 1.29 is 19.4 Å². The van der Waals surface area contributed by atoms with Gasteiger partial charge in [-0.05, 0) is 56.0 Å². The molecule has 1 heterocycles. The minimum atomic E-state index is -0.663. The number of carbonyl (C=O) groups is 2. The lowest BCUT2D eigenvalue weighted by Gasteiger charge is -2.41. The van der Waals surface area contributed by atoms with Gasteiger partial charge in [0.2, 0.25) is 5.91 Å². The van der Waals surface area contributed by atoms with Gasteiger partial charge in [-0.3, -0.25) is 14.5 Å². The first-order valence-electron chi connectivity index (χ1n) is 13.4. The minimum Gasteiger partial charge on any atom is -0.389 e. The average Bonchev–Trinajstić information content (AvgIpc) is 2.94. The lowest BCUT2D eigenvalue weighted by molar-refractivity contribution is -0.120. The van der Waals surface area contributed by atoms with E-state index in [1.807, 2.05) is 5.01 Å². The molecule has 1 N–H and O–H groups in total. The molecule has 2 fully saturated rings. The average molecular weight is 573 g/mol. The summed E-state index contributed by atoms with van der Waals surface area (Å²) in [5.41, 5.74) is 0.529. The van der Waals surface area contributed by atoms with Crippen molar-refractivity contribution >= 4 is 40.6 Å². The maximum Gasteiger partial charge on any atom is 0.238 e. The third-order valence-electron chi connectivity index (χ3n) is 7.42. The number of anilines is 1. The lowest BCUT2D eigenvalue weighted by Crippen LogP contribution is -2.56. The standard InChI is InChI=1S/C30H35Cl2N3O4/c1-3-30(13-7-4-8-14-30)39-21-24(37)20-33-15-17-34(18-16-33)35(22(2)36)28-12-11-23(31)19-26(28)29(38)25-9-5-6-10-27(25)32/h1,5-6,9-12,19,24,37H,4,7-8,13-18,20-21H2,2H3. The van der Waals surface area contributed by atoms with Crippen LogP contribution in [0, 0.1) is 12.3 Å². The number of hydrazine groups is 1. The first-order chi connectivity index (χ1) is 18.7. The molecule has 2 aliphatic rings. The van der Waals surface area contributed by atoms with Gasteiger partial charge in [-0.15, -0.1) is 6.42 Å². The van der Waals surface area contributed by atoms with Crippen molar-refractivity contribution in [1.82, 2.24) is 9.91 Å². The molecule has 39 heavy (non-hydrogen) atoms. The van der Waals surface area contributed by atoms with Crippen LogP contribution in [0.5, 0.6) is 0 Å². The van der Waals surface area contributed by atoms with Gasteiger partial charge in [-0.1, -0.05) is 47.7 Å². The molecule has 1 aliphatic heterocycles. The Hall–Kier alpha value is -2.44. The van der Waals surface area contributed by atoms with E-state index in [4.69, 9.17) is 34.4 Å².